The minimum Gasteiger partial charge on any atom is -0.458 e. The van der Waals surface area contributed by atoms with E-state index in [-0.39, 0.29) is 11.8 Å². The molecular weight excluding hydrogens is 320 g/mol. The molecule has 1 aliphatic carbocycles. The fourth-order valence-corrected chi connectivity index (χ4v) is 3.17. The van der Waals surface area contributed by atoms with Crippen LogP contribution in [0.5, 0.6) is 0 Å². The summed E-state index contributed by atoms with van der Waals surface area (Å²) < 4.78 is 5.42. The summed E-state index contributed by atoms with van der Waals surface area (Å²) in [4.78, 5) is 37.7. The molecule has 1 fully saturated rings. The topological polar surface area (TPSA) is 75.7 Å². The van der Waals surface area contributed by atoms with Crippen molar-refractivity contribution in [3.05, 3.63) is 0 Å². The highest BCUT2D eigenvalue weighted by Gasteiger charge is 2.30. The number of hydrogen-bond donors (Lipinski definition) is 1. The van der Waals surface area contributed by atoms with Gasteiger partial charge in [-0.2, -0.15) is 0 Å². The molecule has 0 saturated heterocycles. The van der Waals surface area contributed by atoms with Crippen molar-refractivity contribution in [3.8, 4) is 0 Å². The molecule has 6 nitrogen and oxygen atoms in total. The zero-order valence-electron chi connectivity index (χ0n) is 16.4. The van der Waals surface area contributed by atoms with Crippen LogP contribution in [0, 0.1) is 5.92 Å². The van der Waals surface area contributed by atoms with Crippen LogP contribution >= 0.6 is 0 Å². The van der Waals surface area contributed by atoms with E-state index < -0.39 is 17.6 Å². The van der Waals surface area contributed by atoms with Gasteiger partial charge in [-0.25, -0.2) is 4.79 Å². The summed E-state index contributed by atoms with van der Waals surface area (Å²) >= 11 is 0. The van der Waals surface area contributed by atoms with E-state index in [4.69, 9.17) is 4.74 Å². The fourth-order valence-electron chi connectivity index (χ4n) is 3.17. The Morgan fingerprint density at radius 1 is 1.20 bits per heavy atom. The molecule has 144 valence electrons. The molecule has 6 heteroatoms. The Morgan fingerprint density at radius 3 is 2.32 bits per heavy atom. The predicted molar refractivity (Wildman–Crippen MR) is 96.9 cm³/mol. The number of nitrogens with one attached hydrogen (secondary N) is 1. The molecule has 1 rings (SSSR count). The molecule has 0 bridgehead atoms. The monoisotopic (exact) mass is 354 g/mol. The highest BCUT2D eigenvalue weighted by molar-refractivity contribution is 5.84. The van der Waals surface area contributed by atoms with E-state index in [0.29, 0.717) is 25.4 Å². The van der Waals surface area contributed by atoms with Crippen molar-refractivity contribution >= 4 is 17.8 Å². The predicted octanol–water partition coefficient (Wildman–Crippen LogP) is 2.65. The van der Waals surface area contributed by atoms with Gasteiger partial charge in [-0.1, -0.05) is 25.7 Å². The number of rotatable bonds is 8. The first-order chi connectivity index (χ1) is 11.6. The molecule has 0 aromatic carbocycles. The molecule has 2 amide bonds. The van der Waals surface area contributed by atoms with Gasteiger partial charge in [0, 0.05) is 26.4 Å². The summed E-state index contributed by atoms with van der Waals surface area (Å²) in [7, 11) is 0. The molecule has 0 aromatic heterocycles. The summed E-state index contributed by atoms with van der Waals surface area (Å²) in [6.07, 6.45) is 6.20. The molecule has 25 heavy (non-hydrogen) atoms. The van der Waals surface area contributed by atoms with Gasteiger partial charge in [0.1, 0.15) is 11.6 Å². The van der Waals surface area contributed by atoms with Crippen molar-refractivity contribution < 1.29 is 19.1 Å². The smallest absolute Gasteiger partial charge is 0.329 e. The molecule has 0 spiro atoms. The summed E-state index contributed by atoms with van der Waals surface area (Å²) in [5, 5.41) is 2.69. The van der Waals surface area contributed by atoms with Crippen LogP contribution < -0.4 is 5.32 Å². The van der Waals surface area contributed by atoms with Gasteiger partial charge >= 0.3 is 5.97 Å². The van der Waals surface area contributed by atoms with E-state index in [1.54, 1.807) is 32.6 Å². The number of carbonyl (C=O) groups excluding carboxylic acids is 3. The van der Waals surface area contributed by atoms with E-state index in [1.165, 1.54) is 32.6 Å². The largest absolute Gasteiger partial charge is 0.458 e. The molecule has 0 unspecified atom stereocenters. The molecule has 1 N–H and O–H groups in total. The number of esters is 1. The van der Waals surface area contributed by atoms with Gasteiger partial charge in [0.2, 0.25) is 11.8 Å². The van der Waals surface area contributed by atoms with Crippen LogP contribution in [-0.2, 0) is 19.1 Å². The van der Waals surface area contributed by atoms with Crippen molar-refractivity contribution in [1.29, 1.82) is 0 Å². The fraction of sp³-hybridized carbons (Fsp3) is 0.842. The van der Waals surface area contributed by atoms with E-state index in [1.807, 2.05) is 0 Å². The summed E-state index contributed by atoms with van der Waals surface area (Å²) in [6.45, 7) is 9.18. The molecule has 0 heterocycles. The highest BCUT2D eigenvalue weighted by Crippen LogP contribution is 2.28. The van der Waals surface area contributed by atoms with Crippen LogP contribution in [0.15, 0.2) is 0 Å². The van der Waals surface area contributed by atoms with Gasteiger partial charge in [-0.15, -0.1) is 0 Å². The second kappa shape index (κ2) is 9.78. The molecule has 1 saturated carbocycles. The van der Waals surface area contributed by atoms with Crippen molar-refractivity contribution in [3.63, 3.8) is 0 Å². The van der Waals surface area contributed by atoms with E-state index >= 15 is 0 Å². The molecule has 0 radical (unpaired) electrons. The lowest BCUT2D eigenvalue weighted by Gasteiger charge is -2.31. The zero-order valence-corrected chi connectivity index (χ0v) is 16.4. The standard InChI is InChI=1S/C19H34N2O4/c1-14(18(24)25-19(3,4)5)21(13-12-20-15(2)22)17(23)11-10-16-8-6-7-9-16/h14,16H,6-13H2,1-5H3,(H,20,22)/t14-/m1/s1. The molecule has 0 aliphatic heterocycles. The molecule has 1 atom stereocenters. The van der Waals surface area contributed by atoms with Gasteiger partial charge in [-0.3, -0.25) is 9.59 Å². The van der Waals surface area contributed by atoms with Crippen molar-refractivity contribution in [2.45, 2.75) is 84.8 Å². The third-order valence-corrected chi connectivity index (χ3v) is 4.50. The quantitative estimate of drug-likeness (QED) is 0.680. The van der Waals surface area contributed by atoms with Crippen LogP contribution in [0.1, 0.15) is 73.1 Å². The van der Waals surface area contributed by atoms with E-state index in [2.05, 4.69) is 5.32 Å². The number of hydrogen-bond acceptors (Lipinski definition) is 4. The maximum atomic E-state index is 12.7. The van der Waals surface area contributed by atoms with Crippen LogP contribution in [0.4, 0.5) is 0 Å². The van der Waals surface area contributed by atoms with Crippen LogP contribution in [0.25, 0.3) is 0 Å². The lowest BCUT2D eigenvalue weighted by molar-refractivity contribution is -0.164. The number of nitrogens with zero attached hydrogens (tertiary/aromatic N) is 1. The van der Waals surface area contributed by atoms with Gasteiger partial charge < -0.3 is 15.0 Å². The number of carbonyl (C=O) groups is 3. The van der Waals surface area contributed by atoms with Gasteiger partial charge in [0.25, 0.3) is 0 Å². The van der Waals surface area contributed by atoms with Crippen LogP contribution in [-0.4, -0.2) is 47.4 Å². The Balaban J connectivity index is 2.66. The van der Waals surface area contributed by atoms with Gasteiger partial charge in [0.15, 0.2) is 0 Å². The minimum atomic E-state index is -0.663. The first-order valence-corrected chi connectivity index (χ1v) is 9.37. The first-order valence-electron chi connectivity index (χ1n) is 9.37. The summed E-state index contributed by atoms with van der Waals surface area (Å²) in [5.41, 5.74) is -0.596. The average Bonchev–Trinajstić information content (AvgIpc) is 3.00. The van der Waals surface area contributed by atoms with Crippen LogP contribution in [0.3, 0.4) is 0 Å². The first kappa shape index (κ1) is 21.5. The highest BCUT2D eigenvalue weighted by atomic mass is 16.6. The second-order valence-corrected chi connectivity index (χ2v) is 7.97. The Labute approximate surface area is 151 Å². The normalized spacial score (nSPS) is 16.4. The molecule has 0 aromatic rings. The van der Waals surface area contributed by atoms with Gasteiger partial charge in [-0.05, 0) is 40.0 Å². The molecule has 1 aliphatic rings. The Morgan fingerprint density at radius 2 is 1.80 bits per heavy atom. The van der Waals surface area contributed by atoms with Crippen molar-refractivity contribution in [2.24, 2.45) is 5.92 Å². The Kier molecular flexibility index (Phi) is 8.39. The van der Waals surface area contributed by atoms with Crippen molar-refractivity contribution in [2.75, 3.05) is 13.1 Å². The van der Waals surface area contributed by atoms with Crippen molar-refractivity contribution in [1.82, 2.24) is 10.2 Å². The number of amides is 2. The summed E-state index contributed by atoms with van der Waals surface area (Å²) in [6, 6.07) is -0.663. The zero-order chi connectivity index (χ0) is 19.0. The third-order valence-electron chi connectivity index (χ3n) is 4.50. The van der Waals surface area contributed by atoms with Gasteiger partial charge in [0.05, 0.1) is 0 Å². The second-order valence-electron chi connectivity index (χ2n) is 7.97. The lowest BCUT2D eigenvalue weighted by atomic mass is 10.0. The SMILES string of the molecule is CC(=O)NCCN(C(=O)CCC1CCCC1)[C@H](C)C(=O)OC(C)(C)C. The Bertz CT molecular complexity index is 465. The number of ether oxygens (including phenoxy) is 1. The maximum absolute atomic E-state index is 12.7. The lowest BCUT2D eigenvalue weighted by Crippen LogP contribution is -2.48. The Hall–Kier alpha value is -1.59. The minimum absolute atomic E-state index is 0.0457. The van der Waals surface area contributed by atoms with Crippen LogP contribution in [0.2, 0.25) is 0 Å². The third kappa shape index (κ3) is 8.36. The van der Waals surface area contributed by atoms with E-state index in [0.717, 1.165) is 6.42 Å². The van der Waals surface area contributed by atoms with E-state index in [9.17, 15) is 14.4 Å². The maximum Gasteiger partial charge on any atom is 0.329 e. The average molecular weight is 354 g/mol. The molecular formula is C19H34N2O4. The summed E-state index contributed by atoms with van der Waals surface area (Å²) in [5.74, 6) is 0.0152.